The first-order chi connectivity index (χ1) is 17.5. The third kappa shape index (κ3) is 11.5. The SMILES string of the molecule is C=CC(=C)N(CCCCOCCCCC(=C)C(CC(=O)C=C)Cc1ccccc1)Cc1ccccc1. The smallest absolute Gasteiger partial charge is 0.155 e. The van der Waals surface area contributed by atoms with E-state index in [9.17, 15) is 4.79 Å². The van der Waals surface area contributed by atoms with Crippen molar-refractivity contribution in [3.63, 3.8) is 0 Å². The molecule has 0 saturated carbocycles. The summed E-state index contributed by atoms with van der Waals surface area (Å²) in [6.45, 7) is 19.3. The molecule has 192 valence electrons. The molecule has 2 aromatic carbocycles. The van der Waals surface area contributed by atoms with E-state index in [1.54, 1.807) is 0 Å². The average Bonchev–Trinajstić information content (AvgIpc) is 2.91. The predicted octanol–water partition coefficient (Wildman–Crippen LogP) is 7.72. The minimum Gasteiger partial charge on any atom is -0.381 e. The van der Waals surface area contributed by atoms with Gasteiger partial charge in [-0.2, -0.15) is 0 Å². The molecular formula is C33H43NO2. The predicted molar refractivity (Wildman–Crippen MR) is 153 cm³/mol. The van der Waals surface area contributed by atoms with Crippen LogP contribution in [0, 0.1) is 5.92 Å². The van der Waals surface area contributed by atoms with Crippen LogP contribution in [-0.4, -0.2) is 30.4 Å². The molecule has 3 nitrogen and oxygen atoms in total. The summed E-state index contributed by atoms with van der Waals surface area (Å²) < 4.78 is 5.88. The third-order valence-corrected chi connectivity index (χ3v) is 6.44. The van der Waals surface area contributed by atoms with Crippen molar-refractivity contribution >= 4 is 5.78 Å². The summed E-state index contributed by atoms with van der Waals surface area (Å²) in [4.78, 5) is 14.3. The van der Waals surface area contributed by atoms with Crippen molar-refractivity contribution in [1.82, 2.24) is 4.90 Å². The maximum absolute atomic E-state index is 12.0. The quantitative estimate of drug-likeness (QED) is 0.0832. The number of nitrogens with zero attached hydrogens (tertiary/aromatic N) is 1. The van der Waals surface area contributed by atoms with Crippen LogP contribution in [0.15, 0.2) is 110 Å². The Morgan fingerprint density at radius 2 is 1.44 bits per heavy atom. The molecular weight excluding hydrogens is 442 g/mol. The zero-order valence-electron chi connectivity index (χ0n) is 21.9. The van der Waals surface area contributed by atoms with E-state index >= 15 is 0 Å². The largest absolute Gasteiger partial charge is 0.381 e. The molecule has 0 aliphatic carbocycles. The second-order valence-electron chi connectivity index (χ2n) is 9.30. The van der Waals surface area contributed by atoms with Crippen molar-refractivity contribution in [1.29, 1.82) is 0 Å². The van der Waals surface area contributed by atoms with Gasteiger partial charge in [0.2, 0.25) is 0 Å². The van der Waals surface area contributed by atoms with Crippen molar-refractivity contribution in [2.75, 3.05) is 19.8 Å². The Balaban J connectivity index is 1.62. The maximum atomic E-state index is 12.0. The summed E-state index contributed by atoms with van der Waals surface area (Å²) in [7, 11) is 0. The summed E-state index contributed by atoms with van der Waals surface area (Å²) in [5, 5.41) is 0. The standard InChI is InChI=1S/C33H43NO2/c1-5-29(4)34(27-31-20-11-8-12-21-31)22-14-16-24-36-23-15-13-17-28(3)32(26-33(35)6-2)25-30-18-9-7-10-19-30/h5-12,18-21,32H,1-4,13-17,22-27H2. The second-order valence-corrected chi connectivity index (χ2v) is 9.30. The molecule has 0 aliphatic heterocycles. The maximum Gasteiger partial charge on any atom is 0.155 e. The first-order valence-corrected chi connectivity index (χ1v) is 13.1. The summed E-state index contributed by atoms with van der Waals surface area (Å²) in [6, 6.07) is 20.8. The van der Waals surface area contributed by atoms with E-state index in [1.165, 1.54) is 17.2 Å². The number of carbonyl (C=O) groups is 1. The molecule has 3 heteroatoms. The number of ether oxygens (including phenoxy) is 1. The van der Waals surface area contributed by atoms with Gasteiger partial charge in [-0.1, -0.05) is 92.6 Å². The van der Waals surface area contributed by atoms with Gasteiger partial charge in [0.15, 0.2) is 5.78 Å². The molecule has 0 saturated heterocycles. The zero-order valence-corrected chi connectivity index (χ0v) is 21.9. The Morgan fingerprint density at radius 3 is 2.06 bits per heavy atom. The number of hydrogen-bond donors (Lipinski definition) is 0. The average molecular weight is 486 g/mol. The van der Waals surface area contributed by atoms with Crippen molar-refractivity contribution < 1.29 is 9.53 Å². The molecule has 0 bridgehead atoms. The molecule has 0 aliphatic rings. The molecule has 2 rings (SSSR count). The molecule has 0 aromatic heterocycles. The lowest BCUT2D eigenvalue weighted by molar-refractivity contribution is -0.115. The molecule has 1 atom stereocenters. The van der Waals surface area contributed by atoms with Crippen LogP contribution >= 0.6 is 0 Å². The molecule has 0 heterocycles. The van der Waals surface area contributed by atoms with Gasteiger partial charge in [0.1, 0.15) is 0 Å². The fourth-order valence-corrected chi connectivity index (χ4v) is 4.21. The highest BCUT2D eigenvalue weighted by atomic mass is 16.5. The normalized spacial score (nSPS) is 11.4. The highest BCUT2D eigenvalue weighted by molar-refractivity contribution is 5.89. The van der Waals surface area contributed by atoms with Crippen LogP contribution in [0.5, 0.6) is 0 Å². The van der Waals surface area contributed by atoms with E-state index < -0.39 is 0 Å². The lowest BCUT2D eigenvalue weighted by atomic mass is 9.86. The molecule has 36 heavy (non-hydrogen) atoms. The Kier molecular flexibility index (Phi) is 14.0. The highest BCUT2D eigenvalue weighted by Gasteiger charge is 2.16. The topological polar surface area (TPSA) is 29.5 Å². The Morgan fingerprint density at radius 1 is 0.833 bits per heavy atom. The minimum atomic E-state index is 0.0828. The number of ketones is 1. The van der Waals surface area contributed by atoms with E-state index in [1.807, 2.05) is 30.3 Å². The summed E-state index contributed by atoms with van der Waals surface area (Å²) in [5.74, 6) is 0.238. The lowest BCUT2D eigenvalue weighted by Crippen LogP contribution is -2.22. The lowest BCUT2D eigenvalue weighted by Gasteiger charge is -2.25. The van der Waals surface area contributed by atoms with E-state index in [-0.39, 0.29) is 11.7 Å². The minimum absolute atomic E-state index is 0.0828. The fourth-order valence-electron chi connectivity index (χ4n) is 4.21. The fraction of sp³-hybridized carbons (Fsp3) is 0.364. The molecule has 2 aromatic rings. The monoisotopic (exact) mass is 485 g/mol. The van der Waals surface area contributed by atoms with Gasteiger partial charge < -0.3 is 9.64 Å². The zero-order chi connectivity index (χ0) is 26.0. The van der Waals surface area contributed by atoms with Crippen LogP contribution in [0.4, 0.5) is 0 Å². The molecule has 0 spiro atoms. The first-order valence-electron chi connectivity index (χ1n) is 13.1. The molecule has 0 fully saturated rings. The van der Waals surface area contributed by atoms with Crippen molar-refractivity contribution in [3.8, 4) is 0 Å². The van der Waals surface area contributed by atoms with Gasteiger partial charge in [0.25, 0.3) is 0 Å². The van der Waals surface area contributed by atoms with Gasteiger partial charge in [0.05, 0.1) is 0 Å². The molecule has 0 radical (unpaired) electrons. The first kappa shape index (κ1) is 29.1. The van der Waals surface area contributed by atoms with Crippen LogP contribution in [0.2, 0.25) is 0 Å². The number of unbranched alkanes of at least 4 members (excludes halogenated alkanes) is 2. The number of hydrogen-bond acceptors (Lipinski definition) is 3. The summed E-state index contributed by atoms with van der Waals surface area (Å²) >= 11 is 0. The number of rotatable bonds is 20. The van der Waals surface area contributed by atoms with E-state index in [0.717, 1.165) is 76.1 Å². The molecule has 0 amide bonds. The van der Waals surface area contributed by atoms with Crippen LogP contribution in [0.25, 0.3) is 0 Å². The Labute approximate surface area is 218 Å². The Bertz CT molecular complexity index is 948. The summed E-state index contributed by atoms with van der Waals surface area (Å²) in [5.41, 5.74) is 4.62. The van der Waals surface area contributed by atoms with Gasteiger partial charge >= 0.3 is 0 Å². The number of allylic oxidation sites excluding steroid dienone is 3. The van der Waals surface area contributed by atoms with E-state index in [2.05, 4.69) is 67.6 Å². The van der Waals surface area contributed by atoms with Gasteiger partial charge in [-0.3, -0.25) is 4.79 Å². The Hall–Kier alpha value is -3.17. The van der Waals surface area contributed by atoms with E-state index in [0.29, 0.717) is 6.42 Å². The summed E-state index contributed by atoms with van der Waals surface area (Å²) in [6.07, 6.45) is 9.58. The van der Waals surface area contributed by atoms with Crippen LogP contribution in [-0.2, 0) is 22.5 Å². The van der Waals surface area contributed by atoms with Crippen molar-refractivity contribution in [3.05, 3.63) is 122 Å². The van der Waals surface area contributed by atoms with E-state index in [4.69, 9.17) is 4.74 Å². The van der Waals surface area contributed by atoms with Crippen LogP contribution in [0.3, 0.4) is 0 Å². The number of carbonyl (C=O) groups excluding carboxylic acids is 1. The molecule has 0 N–H and O–H groups in total. The van der Waals surface area contributed by atoms with Crippen LogP contribution < -0.4 is 0 Å². The van der Waals surface area contributed by atoms with Crippen molar-refractivity contribution in [2.24, 2.45) is 5.92 Å². The number of benzene rings is 2. The van der Waals surface area contributed by atoms with Gasteiger partial charge in [-0.25, -0.2) is 0 Å². The third-order valence-electron chi connectivity index (χ3n) is 6.44. The van der Waals surface area contributed by atoms with Crippen LogP contribution in [0.1, 0.15) is 49.7 Å². The second kappa shape index (κ2) is 17.3. The highest BCUT2D eigenvalue weighted by Crippen LogP contribution is 2.24. The van der Waals surface area contributed by atoms with Gasteiger partial charge in [-0.15, -0.1) is 0 Å². The van der Waals surface area contributed by atoms with Crippen molar-refractivity contribution in [2.45, 2.75) is 51.5 Å². The molecule has 1 unspecified atom stereocenters. The van der Waals surface area contributed by atoms with Gasteiger partial charge in [0, 0.05) is 38.4 Å². The van der Waals surface area contributed by atoms with Gasteiger partial charge in [-0.05, 0) is 67.7 Å².